The summed E-state index contributed by atoms with van der Waals surface area (Å²) >= 11 is 0. The van der Waals surface area contributed by atoms with E-state index in [9.17, 15) is 0 Å². The summed E-state index contributed by atoms with van der Waals surface area (Å²) < 4.78 is 9.29. The van der Waals surface area contributed by atoms with Gasteiger partial charge in [0.15, 0.2) is 24.8 Å². The van der Waals surface area contributed by atoms with Crippen LogP contribution in [-0.4, -0.2) is 22.8 Å². The van der Waals surface area contributed by atoms with E-state index in [0.717, 1.165) is 11.1 Å². The SMILES string of the molecule is Cl.ON=Cc1cc[n+](COC[n+]2ccc(C=NO)cc2)cc1. The van der Waals surface area contributed by atoms with E-state index in [1.807, 2.05) is 58.2 Å². The van der Waals surface area contributed by atoms with Crippen LogP contribution in [0.2, 0.25) is 0 Å². The molecular weight excluding hydrogens is 308 g/mol. The van der Waals surface area contributed by atoms with Gasteiger partial charge in [-0.15, -0.1) is 12.4 Å². The molecule has 0 aliphatic carbocycles. The Morgan fingerprint density at radius 1 is 0.818 bits per heavy atom. The van der Waals surface area contributed by atoms with Gasteiger partial charge in [0.2, 0.25) is 0 Å². The monoisotopic (exact) mass is 324 g/mol. The maximum Gasteiger partial charge on any atom is 0.257 e. The number of aromatic nitrogens is 2. The van der Waals surface area contributed by atoms with Gasteiger partial charge in [0, 0.05) is 35.4 Å². The third kappa shape index (κ3) is 5.47. The van der Waals surface area contributed by atoms with E-state index in [-0.39, 0.29) is 12.4 Å². The molecule has 0 aliphatic heterocycles. The number of oxime groups is 2. The van der Waals surface area contributed by atoms with Gasteiger partial charge in [-0.25, -0.2) is 0 Å². The Morgan fingerprint density at radius 3 is 1.50 bits per heavy atom. The summed E-state index contributed by atoms with van der Waals surface area (Å²) in [6.07, 6.45) is 10.1. The smallest absolute Gasteiger partial charge is 0.257 e. The standard InChI is InChI=1S/C14H14N4O3.ClH/c19-15-9-13-1-5-17(6-2-13)11-21-12-18-7-3-14(4-8-18)10-16-20;/h1-10H,11-12H2;1H/p+2. The van der Waals surface area contributed by atoms with Crippen molar-refractivity contribution in [2.45, 2.75) is 13.5 Å². The molecule has 0 saturated heterocycles. The minimum absolute atomic E-state index is 0. The van der Waals surface area contributed by atoms with E-state index in [1.165, 1.54) is 12.4 Å². The maximum atomic E-state index is 8.42. The van der Waals surface area contributed by atoms with E-state index >= 15 is 0 Å². The molecule has 0 spiro atoms. The molecule has 0 radical (unpaired) electrons. The largest absolute Gasteiger partial charge is 0.411 e. The van der Waals surface area contributed by atoms with Crippen molar-refractivity contribution in [1.82, 2.24) is 0 Å². The van der Waals surface area contributed by atoms with E-state index < -0.39 is 0 Å². The Morgan fingerprint density at radius 2 is 1.18 bits per heavy atom. The van der Waals surface area contributed by atoms with Crippen molar-refractivity contribution in [2.75, 3.05) is 0 Å². The minimum atomic E-state index is 0. The topological polar surface area (TPSA) is 82.2 Å². The highest BCUT2D eigenvalue weighted by Gasteiger charge is 2.04. The van der Waals surface area contributed by atoms with Crippen LogP contribution in [0.1, 0.15) is 11.1 Å². The van der Waals surface area contributed by atoms with Gasteiger partial charge in [0.1, 0.15) is 0 Å². The van der Waals surface area contributed by atoms with Crippen LogP contribution in [0.4, 0.5) is 0 Å². The van der Waals surface area contributed by atoms with E-state index in [2.05, 4.69) is 10.3 Å². The van der Waals surface area contributed by atoms with Gasteiger partial charge >= 0.3 is 0 Å². The first-order valence-electron chi connectivity index (χ1n) is 6.22. The van der Waals surface area contributed by atoms with Gasteiger partial charge in [0.25, 0.3) is 13.5 Å². The summed E-state index contributed by atoms with van der Waals surface area (Å²) in [6, 6.07) is 7.27. The lowest BCUT2D eigenvalue weighted by Crippen LogP contribution is -2.40. The highest BCUT2D eigenvalue weighted by molar-refractivity contribution is 5.85. The van der Waals surface area contributed by atoms with Crippen LogP contribution in [0.3, 0.4) is 0 Å². The molecule has 116 valence electrons. The van der Waals surface area contributed by atoms with Crippen LogP contribution in [0.15, 0.2) is 59.4 Å². The summed E-state index contributed by atoms with van der Waals surface area (Å²) in [5.74, 6) is 0. The lowest BCUT2D eigenvalue weighted by atomic mass is 10.3. The normalized spacial score (nSPS) is 10.9. The molecule has 22 heavy (non-hydrogen) atoms. The summed E-state index contributed by atoms with van der Waals surface area (Å²) in [5, 5.41) is 22.8. The second-order valence-corrected chi connectivity index (χ2v) is 4.24. The van der Waals surface area contributed by atoms with Crippen molar-refractivity contribution < 1.29 is 24.3 Å². The van der Waals surface area contributed by atoms with Gasteiger partial charge in [-0.2, -0.15) is 9.13 Å². The van der Waals surface area contributed by atoms with Crippen molar-refractivity contribution >= 4 is 24.8 Å². The highest BCUT2D eigenvalue weighted by atomic mass is 35.5. The molecule has 0 atom stereocenters. The summed E-state index contributed by atoms with van der Waals surface area (Å²) in [7, 11) is 0. The number of halogens is 1. The predicted molar refractivity (Wildman–Crippen MR) is 80.4 cm³/mol. The van der Waals surface area contributed by atoms with Gasteiger partial charge in [-0.05, 0) is 0 Å². The molecule has 0 fully saturated rings. The fourth-order valence-electron chi connectivity index (χ4n) is 1.67. The Labute approximate surface area is 133 Å². The first-order valence-corrected chi connectivity index (χ1v) is 6.22. The number of nitrogens with zero attached hydrogens (tertiary/aromatic N) is 4. The lowest BCUT2D eigenvalue weighted by Gasteiger charge is -1.98. The Kier molecular flexibility index (Phi) is 7.52. The molecule has 2 aromatic heterocycles. The fraction of sp³-hybridized carbons (Fsp3) is 0.143. The zero-order valence-electron chi connectivity index (χ0n) is 11.7. The molecule has 2 heterocycles. The lowest BCUT2D eigenvalue weighted by molar-refractivity contribution is -0.788. The quantitative estimate of drug-likeness (QED) is 0.359. The first kappa shape index (κ1) is 17.5. The Bertz CT molecular complexity index is 559. The summed E-state index contributed by atoms with van der Waals surface area (Å²) in [6.45, 7) is 0.812. The van der Waals surface area contributed by atoms with Crippen molar-refractivity contribution in [3.05, 3.63) is 60.2 Å². The number of ether oxygens (including phenoxy) is 1. The zero-order chi connectivity index (χ0) is 14.9. The van der Waals surface area contributed by atoms with Crippen molar-refractivity contribution in [3.63, 3.8) is 0 Å². The third-order valence-corrected chi connectivity index (χ3v) is 2.73. The minimum Gasteiger partial charge on any atom is -0.411 e. The van der Waals surface area contributed by atoms with E-state index in [1.54, 1.807) is 0 Å². The van der Waals surface area contributed by atoms with Gasteiger partial charge < -0.3 is 10.4 Å². The molecule has 0 bridgehead atoms. The van der Waals surface area contributed by atoms with E-state index in [4.69, 9.17) is 15.2 Å². The number of pyridine rings is 2. The highest BCUT2D eigenvalue weighted by Crippen LogP contribution is 1.91. The number of hydrogen-bond donors (Lipinski definition) is 2. The van der Waals surface area contributed by atoms with Crippen LogP contribution in [0, 0.1) is 0 Å². The summed E-state index contributed by atoms with van der Waals surface area (Å²) in [4.78, 5) is 0. The Balaban J connectivity index is 0.00000242. The molecule has 0 saturated carbocycles. The van der Waals surface area contributed by atoms with E-state index in [0.29, 0.717) is 13.5 Å². The van der Waals surface area contributed by atoms with Crippen molar-refractivity contribution in [1.29, 1.82) is 0 Å². The second kappa shape index (κ2) is 9.43. The average molecular weight is 325 g/mol. The molecule has 2 N–H and O–H groups in total. The molecule has 0 amide bonds. The van der Waals surface area contributed by atoms with Crippen LogP contribution >= 0.6 is 12.4 Å². The molecule has 7 nitrogen and oxygen atoms in total. The molecule has 0 unspecified atom stereocenters. The van der Waals surface area contributed by atoms with Gasteiger partial charge in [-0.1, -0.05) is 10.3 Å². The van der Waals surface area contributed by atoms with Gasteiger partial charge in [0.05, 0.1) is 12.4 Å². The zero-order valence-corrected chi connectivity index (χ0v) is 12.5. The number of hydrogen-bond acceptors (Lipinski definition) is 5. The van der Waals surface area contributed by atoms with Crippen LogP contribution < -0.4 is 9.13 Å². The molecule has 2 aromatic rings. The Hall–Kier alpha value is -2.51. The van der Waals surface area contributed by atoms with Gasteiger partial charge in [-0.3, -0.25) is 4.74 Å². The van der Waals surface area contributed by atoms with Crippen molar-refractivity contribution in [2.24, 2.45) is 10.3 Å². The third-order valence-electron chi connectivity index (χ3n) is 2.73. The molecule has 8 heteroatoms. The maximum absolute atomic E-state index is 8.42. The second-order valence-electron chi connectivity index (χ2n) is 4.24. The van der Waals surface area contributed by atoms with Crippen LogP contribution in [0.25, 0.3) is 0 Å². The molecule has 0 aromatic carbocycles. The first-order chi connectivity index (χ1) is 10.3. The van der Waals surface area contributed by atoms with Crippen LogP contribution in [-0.2, 0) is 18.2 Å². The predicted octanol–water partition coefficient (Wildman–Crippen LogP) is 0.931. The van der Waals surface area contributed by atoms with Crippen molar-refractivity contribution in [3.8, 4) is 0 Å². The summed E-state index contributed by atoms with van der Waals surface area (Å²) in [5.41, 5.74) is 1.62. The number of rotatable bonds is 6. The molecule has 2 rings (SSSR count). The van der Waals surface area contributed by atoms with Crippen LogP contribution in [0.5, 0.6) is 0 Å². The average Bonchev–Trinajstić information content (AvgIpc) is 2.51. The molecule has 0 aliphatic rings. The fourth-order valence-corrected chi connectivity index (χ4v) is 1.67. The molecular formula is C14H17ClN4O3+2.